The van der Waals surface area contributed by atoms with Gasteiger partial charge in [0.25, 0.3) is 0 Å². The molecule has 108 valence electrons. The van der Waals surface area contributed by atoms with E-state index in [9.17, 15) is 4.39 Å². The molecule has 0 spiro atoms. The summed E-state index contributed by atoms with van der Waals surface area (Å²) >= 11 is 0. The number of furan rings is 1. The van der Waals surface area contributed by atoms with Crippen LogP contribution in [0.5, 0.6) is 0 Å². The highest BCUT2D eigenvalue weighted by atomic mass is 19.1. The van der Waals surface area contributed by atoms with Gasteiger partial charge in [0.15, 0.2) is 17.2 Å². The molecule has 3 rings (SSSR count). The van der Waals surface area contributed by atoms with E-state index in [4.69, 9.17) is 4.42 Å². The molecule has 1 N–H and O–H groups in total. The molecule has 0 aliphatic rings. The molecular formula is C16H16FN3O. The first-order valence-electron chi connectivity index (χ1n) is 7.01. The van der Waals surface area contributed by atoms with E-state index >= 15 is 0 Å². The van der Waals surface area contributed by atoms with E-state index in [1.807, 2.05) is 26.0 Å². The van der Waals surface area contributed by atoms with Gasteiger partial charge in [-0.1, -0.05) is 19.1 Å². The van der Waals surface area contributed by atoms with Crippen molar-refractivity contribution in [1.82, 2.24) is 9.97 Å². The monoisotopic (exact) mass is 285 g/mol. The zero-order valence-electron chi connectivity index (χ0n) is 12.0. The number of anilines is 1. The number of hydrogen-bond acceptors (Lipinski definition) is 4. The fourth-order valence-corrected chi connectivity index (χ4v) is 2.21. The van der Waals surface area contributed by atoms with Crippen molar-refractivity contribution in [3.05, 3.63) is 42.0 Å². The minimum Gasteiger partial charge on any atom is -0.451 e. The Bertz CT molecular complexity index is 782. The predicted octanol–water partition coefficient (Wildman–Crippen LogP) is 4.02. The molecule has 0 unspecified atom stereocenters. The summed E-state index contributed by atoms with van der Waals surface area (Å²) in [6, 6.07) is 8.49. The largest absolute Gasteiger partial charge is 0.451 e. The van der Waals surface area contributed by atoms with Crippen molar-refractivity contribution in [3.8, 4) is 11.5 Å². The van der Waals surface area contributed by atoms with Gasteiger partial charge >= 0.3 is 0 Å². The maximum absolute atomic E-state index is 13.7. The van der Waals surface area contributed by atoms with E-state index in [2.05, 4.69) is 15.3 Å². The molecule has 0 amide bonds. The number of benzene rings is 1. The molecule has 0 aliphatic carbocycles. The van der Waals surface area contributed by atoms with Crippen LogP contribution in [0.4, 0.5) is 10.2 Å². The topological polar surface area (TPSA) is 51.0 Å². The maximum Gasteiger partial charge on any atom is 0.170 e. The number of fused-ring (bicyclic) bond motifs is 1. The highest BCUT2D eigenvalue weighted by Gasteiger charge is 2.12. The third kappa shape index (κ3) is 2.59. The van der Waals surface area contributed by atoms with E-state index in [0.717, 1.165) is 30.0 Å². The Labute approximate surface area is 122 Å². The second-order valence-corrected chi connectivity index (χ2v) is 4.71. The van der Waals surface area contributed by atoms with Gasteiger partial charge in [0.2, 0.25) is 0 Å². The van der Waals surface area contributed by atoms with Crippen molar-refractivity contribution in [3.63, 3.8) is 0 Å². The number of rotatable bonds is 4. The summed E-state index contributed by atoms with van der Waals surface area (Å²) in [7, 11) is 0. The van der Waals surface area contributed by atoms with Crippen molar-refractivity contribution in [2.24, 2.45) is 0 Å². The second kappa shape index (κ2) is 5.52. The van der Waals surface area contributed by atoms with Crippen LogP contribution < -0.4 is 5.32 Å². The summed E-state index contributed by atoms with van der Waals surface area (Å²) < 4.78 is 19.3. The molecule has 0 bridgehead atoms. The molecular weight excluding hydrogens is 269 g/mol. The zero-order chi connectivity index (χ0) is 14.8. The molecule has 0 fully saturated rings. The van der Waals surface area contributed by atoms with Crippen LogP contribution in [0.1, 0.15) is 19.7 Å². The summed E-state index contributed by atoms with van der Waals surface area (Å²) in [5.41, 5.74) is 0.919. The third-order valence-electron chi connectivity index (χ3n) is 3.20. The summed E-state index contributed by atoms with van der Waals surface area (Å²) in [6.45, 7) is 4.77. The van der Waals surface area contributed by atoms with E-state index in [0.29, 0.717) is 11.5 Å². The Morgan fingerprint density at radius 3 is 2.76 bits per heavy atom. The Hall–Kier alpha value is -2.43. The van der Waals surface area contributed by atoms with Gasteiger partial charge in [-0.2, -0.15) is 0 Å². The third-order valence-corrected chi connectivity index (χ3v) is 3.20. The van der Waals surface area contributed by atoms with Crippen molar-refractivity contribution >= 4 is 16.8 Å². The molecule has 2 aromatic heterocycles. The van der Waals surface area contributed by atoms with Gasteiger partial charge in [-0.05, 0) is 19.1 Å². The standard InChI is InChI=1S/C16H16FN3O/c1-3-14-19-12(9-15(20-14)18-4-2)13-8-10-6-5-7-11(17)16(10)21-13/h5-9H,3-4H2,1-2H3,(H,18,19,20). The molecule has 21 heavy (non-hydrogen) atoms. The van der Waals surface area contributed by atoms with E-state index in [-0.39, 0.29) is 11.4 Å². The fourth-order valence-electron chi connectivity index (χ4n) is 2.21. The predicted molar refractivity (Wildman–Crippen MR) is 80.7 cm³/mol. The quantitative estimate of drug-likeness (QED) is 0.786. The number of hydrogen-bond donors (Lipinski definition) is 1. The molecule has 0 aliphatic heterocycles. The molecule has 2 heterocycles. The molecule has 1 aromatic carbocycles. The molecule has 4 nitrogen and oxygen atoms in total. The van der Waals surface area contributed by atoms with Crippen LogP contribution in [0.3, 0.4) is 0 Å². The average Bonchev–Trinajstić information content (AvgIpc) is 2.93. The lowest BCUT2D eigenvalue weighted by Gasteiger charge is -2.06. The normalized spacial score (nSPS) is 11.0. The lowest BCUT2D eigenvalue weighted by atomic mass is 10.2. The molecule has 3 aromatic rings. The van der Waals surface area contributed by atoms with Crippen LogP contribution in [-0.2, 0) is 6.42 Å². The highest BCUT2D eigenvalue weighted by Crippen LogP contribution is 2.29. The van der Waals surface area contributed by atoms with Crippen LogP contribution in [0.25, 0.3) is 22.4 Å². The van der Waals surface area contributed by atoms with Crippen LogP contribution in [0.2, 0.25) is 0 Å². The number of aromatic nitrogens is 2. The van der Waals surface area contributed by atoms with Crippen molar-refractivity contribution < 1.29 is 8.81 Å². The molecule has 0 atom stereocenters. The van der Waals surface area contributed by atoms with Gasteiger partial charge in [-0.15, -0.1) is 0 Å². The Morgan fingerprint density at radius 2 is 2.05 bits per heavy atom. The fraction of sp³-hybridized carbons (Fsp3) is 0.250. The molecule has 0 saturated carbocycles. The first kappa shape index (κ1) is 13.5. The first-order valence-corrected chi connectivity index (χ1v) is 7.01. The van der Waals surface area contributed by atoms with E-state index in [1.165, 1.54) is 6.07 Å². The smallest absolute Gasteiger partial charge is 0.170 e. The van der Waals surface area contributed by atoms with Gasteiger partial charge in [-0.25, -0.2) is 14.4 Å². The lowest BCUT2D eigenvalue weighted by molar-refractivity contribution is 0.567. The van der Waals surface area contributed by atoms with Crippen molar-refractivity contribution in [2.45, 2.75) is 20.3 Å². The minimum absolute atomic E-state index is 0.258. The SMILES string of the molecule is CCNc1cc(-c2cc3cccc(F)c3o2)nc(CC)n1. The van der Waals surface area contributed by atoms with E-state index < -0.39 is 0 Å². The average molecular weight is 285 g/mol. The van der Waals surface area contributed by atoms with Gasteiger partial charge in [-0.3, -0.25) is 0 Å². The Morgan fingerprint density at radius 1 is 1.19 bits per heavy atom. The van der Waals surface area contributed by atoms with Gasteiger partial charge < -0.3 is 9.73 Å². The van der Waals surface area contributed by atoms with Crippen LogP contribution in [0, 0.1) is 5.82 Å². The van der Waals surface area contributed by atoms with Gasteiger partial charge in [0.1, 0.15) is 17.3 Å². The van der Waals surface area contributed by atoms with Gasteiger partial charge in [0.05, 0.1) is 0 Å². The van der Waals surface area contributed by atoms with E-state index in [1.54, 1.807) is 12.1 Å². The Balaban J connectivity index is 2.12. The second-order valence-electron chi connectivity index (χ2n) is 4.71. The van der Waals surface area contributed by atoms with Crippen molar-refractivity contribution in [2.75, 3.05) is 11.9 Å². The summed E-state index contributed by atoms with van der Waals surface area (Å²) in [4.78, 5) is 8.86. The number of nitrogens with one attached hydrogen (secondary N) is 1. The van der Waals surface area contributed by atoms with Crippen LogP contribution >= 0.6 is 0 Å². The maximum atomic E-state index is 13.7. The lowest BCUT2D eigenvalue weighted by Crippen LogP contribution is -2.03. The summed E-state index contributed by atoms with van der Waals surface area (Å²) in [5.74, 6) is 1.66. The molecule has 0 saturated heterocycles. The van der Waals surface area contributed by atoms with Crippen LogP contribution in [0.15, 0.2) is 34.7 Å². The molecule has 0 radical (unpaired) electrons. The minimum atomic E-state index is -0.365. The summed E-state index contributed by atoms with van der Waals surface area (Å²) in [5, 5.41) is 3.90. The zero-order valence-corrected chi connectivity index (χ0v) is 12.0. The Kier molecular flexibility index (Phi) is 3.56. The number of nitrogens with zero attached hydrogens (tertiary/aromatic N) is 2. The number of para-hydroxylation sites is 1. The first-order chi connectivity index (χ1) is 10.2. The highest BCUT2D eigenvalue weighted by molar-refractivity contribution is 5.82. The van der Waals surface area contributed by atoms with Crippen molar-refractivity contribution in [1.29, 1.82) is 0 Å². The van der Waals surface area contributed by atoms with Crippen LogP contribution in [-0.4, -0.2) is 16.5 Å². The number of aryl methyl sites for hydroxylation is 1. The molecule has 5 heteroatoms. The summed E-state index contributed by atoms with van der Waals surface area (Å²) in [6.07, 6.45) is 0.723. The number of halogens is 1. The van der Waals surface area contributed by atoms with Gasteiger partial charge in [0, 0.05) is 24.4 Å².